The highest BCUT2D eigenvalue weighted by Crippen LogP contribution is 1.84. The Balaban J connectivity index is 2.90. The van der Waals surface area contributed by atoms with Crippen molar-refractivity contribution in [3.63, 3.8) is 0 Å². The van der Waals surface area contributed by atoms with Gasteiger partial charge in [0.05, 0.1) is 0 Å². The topological polar surface area (TPSA) is 79.2 Å². The van der Waals surface area contributed by atoms with Crippen LogP contribution in [0.3, 0.4) is 0 Å². The third-order valence-corrected chi connectivity index (χ3v) is 2.19. The second kappa shape index (κ2) is 12.4. The molecule has 0 fully saturated rings. The lowest BCUT2D eigenvalue weighted by Crippen LogP contribution is -2.30. The van der Waals surface area contributed by atoms with Gasteiger partial charge < -0.3 is 21.7 Å². The number of rotatable bonds is 11. The van der Waals surface area contributed by atoms with Crippen molar-refractivity contribution in [1.82, 2.24) is 16.0 Å². The van der Waals surface area contributed by atoms with Gasteiger partial charge in [0.2, 0.25) is 5.91 Å². The molecule has 96 valence electrons. The van der Waals surface area contributed by atoms with Gasteiger partial charge in [-0.15, -0.1) is 0 Å². The van der Waals surface area contributed by atoms with E-state index in [1.807, 2.05) is 0 Å². The lowest BCUT2D eigenvalue weighted by atomic mass is 10.3. The van der Waals surface area contributed by atoms with Crippen LogP contribution in [0.15, 0.2) is 0 Å². The van der Waals surface area contributed by atoms with Gasteiger partial charge in [-0.2, -0.15) is 0 Å². The van der Waals surface area contributed by atoms with Crippen LogP contribution in [0.25, 0.3) is 0 Å². The average Bonchev–Trinajstić information content (AvgIpc) is 2.25. The predicted molar refractivity (Wildman–Crippen MR) is 67.3 cm³/mol. The van der Waals surface area contributed by atoms with E-state index in [2.05, 4.69) is 16.0 Å². The van der Waals surface area contributed by atoms with Crippen LogP contribution in [-0.4, -0.2) is 45.2 Å². The van der Waals surface area contributed by atoms with E-state index in [0.717, 1.165) is 45.6 Å². The first kappa shape index (κ1) is 15.3. The Bertz CT molecular complexity index is 164. The maximum atomic E-state index is 10.5. The van der Waals surface area contributed by atoms with Crippen molar-refractivity contribution in [2.24, 2.45) is 5.73 Å². The molecule has 0 unspecified atom stereocenters. The molecule has 0 radical (unpaired) electrons. The zero-order valence-corrected chi connectivity index (χ0v) is 10.3. The van der Waals surface area contributed by atoms with Gasteiger partial charge in [-0.25, -0.2) is 0 Å². The highest BCUT2D eigenvalue weighted by molar-refractivity contribution is 5.72. The number of amides is 1. The second-order valence-corrected chi connectivity index (χ2v) is 3.83. The van der Waals surface area contributed by atoms with Crippen LogP contribution in [0.5, 0.6) is 0 Å². The number of unbranched alkanes of at least 4 members (excludes halogenated alkanes) is 1. The van der Waals surface area contributed by atoms with Crippen molar-refractivity contribution in [3.05, 3.63) is 0 Å². The van der Waals surface area contributed by atoms with Gasteiger partial charge in [0.1, 0.15) is 0 Å². The van der Waals surface area contributed by atoms with E-state index < -0.39 is 0 Å². The summed E-state index contributed by atoms with van der Waals surface area (Å²) in [7, 11) is 0. The molecule has 0 heterocycles. The summed E-state index contributed by atoms with van der Waals surface area (Å²) in [6.45, 7) is 6.95. The molecule has 0 aromatic heterocycles. The van der Waals surface area contributed by atoms with E-state index in [1.54, 1.807) is 0 Å². The fourth-order valence-electron chi connectivity index (χ4n) is 1.30. The Morgan fingerprint density at radius 1 is 0.938 bits per heavy atom. The monoisotopic (exact) mass is 230 g/mol. The van der Waals surface area contributed by atoms with E-state index in [0.29, 0.717) is 6.54 Å². The first-order valence-electron chi connectivity index (χ1n) is 6.13. The normalized spacial score (nSPS) is 10.4. The van der Waals surface area contributed by atoms with Gasteiger partial charge in [0.25, 0.3) is 0 Å². The molecule has 1 amide bonds. The summed E-state index contributed by atoms with van der Waals surface area (Å²) in [5.41, 5.74) is 5.38. The van der Waals surface area contributed by atoms with Crippen LogP contribution in [-0.2, 0) is 4.79 Å². The fourth-order valence-corrected chi connectivity index (χ4v) is 1.30. The highest BCUT2D eigenvalue weighted by atomic mass is 16.1. The largest absolute Gasteiger partial charge is 0.355 e. The molecule has 0 aromatic rings. The quantitative estimate of drug-likeness (QED) is 0.358. The molecule has 0 aliphatic rings. The molecular formula is C11H26N4O. The summed E-state index contributed by atoms with van der Waals surface area (Å²) in [6.07, 6.45) is 3.39. The van der Waals surface area contributed by atoms with Gasteiger partial charge >= 0.3 is 0 Å². The van der Waals surface area contributed by atoms with Gasteiger partial charge in [-0.3, -0.25) is 4.79 Å². The number of hydrogen-bond donors (Lipinski definition) is 4. The van der Waals surface area contributed by atoms with Gasteiger partial charge in [-0.1, -0.05) is 0 Å². The summed E-state index contributed by atoms with van der Waals surface area (Å²) in [4.78, 5) is 10.5. The van der Waals surface area contributed by atoms with E-state index in [4.69, 9.17) is 5.73 Å². The molecule has 5 heteroatoms. The molecule has 0 aromatic carbocycles. The lowest BCUT2D eigenvalue weighted by molar-refractivity contribution is -0.118. The molecule has 0 saturated carbocycles. The summed E-state index contributed by atoms with van der Waals surface area (Å²) in [6, 6.07) is 0. The summed E-state index contributed by atoms with van der Waals surface area (Å²) in [5.74, 6) is 0.0332. The molecule has 5 N–H and O–H groups in total. The van der Waals surface area contributed by atoms with Crippen LogP contribution in [0, 0.1) is 0 Å². The molecule has 0 atom stereocenters. The van der Waals surface area contributed by atoms with Crippen LogP contribution >= 0.6 is 0 Å². The lowest BCUT2D eigenvalue weighted by Gasteiger charge is -2.06. The zero-order chi connectivity index (χ0) is 12.1. The number of hydrogen-bond acceptors (Lipinski definition) is 4. The Morgan fingerprint density at radius 3 is 2.06 bits per heavy atom. The zero-order valence-electron chi connectivity index (χ0n) is 10.3. The molecule has 0 aliphatic heterocycles. The molecule has 0 aliphatic carbocycles. The summed E-state index contributed by atoms with van der Waals surface area (Å²) in [5, 5.41) is 9.36. The maximum absolute atomic E-state index is 10.5. The molecular weight excluding hydrogens is 204 g/mol. The smallest absolute Gasteiger partial charge is 0.216 e. The fraction of sp³-hybridized carbons (Fsp3) is 0.909. The maximum Gasteiger partial charge on any atom is 0.216 e. The van der Waals surface area contributed by atoms with Crippen molar-refractivity contribution in [3.8, 4) is 0 Å². The van der Waals surface area contributed by atoms with Crippen LogP contribution in [0.1, 0.15) is 26.2 Å². The van der Waals surface area contributed by atoms with Gasteiger partial charge in [0, 0.05) is 20.0 Å². The number of nitrogens with one attached hydrogen (secondary N) is 3. The number of nitrogens with two attached hydrogens (primary N) is 1. The van der Waals surface area contributed by atoms with Crippen molar-refractivity contribution < 1.29 is 4.79 Å². The average molecular weight is 230 g/mol. The van der Waals surface area contributed by atoms with Crippen molar-refractivity contribution in [2.45, 2.75) is 26.2 Å². The molecule has 0 bridgehead atoms. The SMILES string of the molecule is CC(=O)NCCNCCCCNCCCN. The molecule has 0 rings (SSSR count). The standard InChI is InChI=1S/C11H26N4O/c1-11(16)15-10-9-14-7-3-2-6-13-8-4-5-12/h13-14H,2-10,12H2,1H3,(H,15,16). The van der Waals surface area contributed by atoms with Crippen LogP contribution in [0.2, 0.25) is 0 Å². The summed E-state index contributed by atoms with van der Waals surface area (Å²) >= 11 is 0. The minimum absolute atomic E-state index is 0.0332. The molecule has 0 saturated heterocycles. The first-order chi connectivity index (χ1) is 7.77. The van der Waals surface area contributed by atoms with Gasteiger partial charge in [-0.05, 0) is 45.4 Å². The second-order valence-electron chi connectivity index (χ2n) is 3.83. The Morgan fingerprint density at radius 2 is 1.50 bits per heavy atom. The Labute approximate surface area is 98.5 Å². The Kier molecular flexibility index (Phi) is 11.9. The van der Waals surface area contributed by atoms with Crippen molar-refractivity contribution in [2.75, 3.05) is 39.3 Å². The van der Waals surface area contributed by atoms with E-state index in [9.17, 15) is 4.79 Å². The first-order valence-corrected chi connectivity index (χ1v) is 6.13. The Hall–Kier alpha value is -0.650. The molecule has 16 heavy (non-hydrogen) atoms. The van der Waals surface area contributed by atoms with Gasteiger partial charge in [0.15, 0.2) is 0 Å². The van der Waals surface area contributed by atoms with Crippen LogP contribution in [0.4, 0.5) is 0 Å². The van der Waals surface area contributed by atoms with Crippen molar-refractivity contribution >= 4 is 5.91 Å². The van der Waals surface area contributed by atoms with Crippen LogP contribution < -0.4 is 21.7 Å². The third kappa shape index (κ3) is 13.4. The number of carbonyl (C=O) groups is 1. The molecule has 5 nitrogen and oxygen atoms in total. The highest BCUT2D eigenvalue weighted by Gasteiger charge is 1.91. The van der Waals surface area contributed by atoms with Crippen molar-refractivity contribution in [1.29, 1.82) is 0 Å². The predicted octanol–water partition coefficient (Wildman–Crippen LogP) is -0.569. The van der Waals surface area contributed by atoms with E-state index in [1.165, 1.54) is 13.3 Å². The summed E-state index contributed by atoms with van der Waals surface area (Å²) < 4.78 is 0. The minimum Gasteiger partial charge on any atom is -0.355 e. The van der Waals surface area contributed by atoms with E-state index >= 15 is 0 Å². The third-order valence-electron chi connectivity index (χ3n) is 2.19. The van der Waals surface area contributed by atoms with E-state index in [-0.39, 0.29) is 5.91 Å². The number of carbonyl (C=O) groups excluding carboxylic acids is 1. The molecule has 0 spiro atoms. The minimum atomic E-state index is 0.0332.